The Kier molecular flexibility index (Phi) is 3.05. The molecule has 1 aromatic rings. The van der Waals surface area contributed by atoms with Gasteiger partial charge < -0.3 is 11.1 Å². The normalized spacial score (nSPS) is 36.2. The minimum atomic E-state index is -1.80. The quantitative estimate of drug-likeness (QED) is 0.609. The van der Waals surface area contributed by atoms with Crippen molar-refractivity contribution in [3.8, 4) is 0 Å². The molecule has 1 heterocycles. The van der Waals surface area contributed by atoms with Crippen LogP contribution in [0.25, 0.3) is 0 Å². The van der Waals surface area contributed by atoms with Gasteiger partial charge in [0.1, 0.15) is 11.2 Å². The largest absolute Gasteiger partial charge is 0.399 e. The third-order valence-electron chi connectivity index (χ3n) is 3.52. The molecule has 0 radical (unpaired) electrons. The van der Waals surface area contributed by atoms with Gasteiger partial charge in [-0.1, -0.05) is 24.4 Å². The first-order chi connectivity index (χ1) is 8.25. The Morgan fingerprint density at radius 3 is 2.72 bits per heavy atom. The molecule has 0 aliphatic carbocycles. The van der Waals surface area contributed by atoms with Gasteiger partial charge >= 0.3 is 0 Å². The summed E-state index contributed by atoms with van der Waals surface area (Å²) in [5.41, 5.74) is 4.09. The van der Waals surface area contributed by atoms with Gasteiger partial charge in [0.15, 0.2) is 5.67 Å². The molecule has 1 fully saturated rings. The topological polar surface area (TPSA) is 38.0 Å². The van der Waals surface area contributed by atoms with Crippen LogP contribution in [-0.2, 0) is 5.54 Å². The summed E-state index contributed by atoms with van der Waals surface area (Å²) >= 11 is 4.99. The number of hydrogen-bond acceptors (Lipinski definition) is 2. The first-order valence-electron chi connectivity index (χ1n) is 5.77. The predicted molar refractivity (Wildman–Crippen MR) is 73.0 cm³/mol. The fraction of sp³-hybridized carbons (Fsp3) is 0.462. The number of hydrogen-bond donors (Lipinski definition) is 2. The highest BCUT2D eigenvalue weighted by molar-refractivity contribution is 7.80. The van der Waals surface area contributed by atoms with Gasteiger partial charge in [-0.3, -0.25) is 0 Å². The number of nitrogen functional groups attached to an aromatic ring is 1. The average molecular weight is 270 g/mol. The van der Waals surface area contributed by atoms with Gasteiger partial charge in [0.25, 0.3) is 0 Å². The average Bonchev–Trinajstić information content (AvgIpc) is 2.26. The smallest absolute Gasteiger partial charge is 0.160 e. The van der Waals surface area contributed by atoms with Crippen molar-refractivity contribution in [2.24, 2.45) is 0 Å². The zero-order valence-electron chi connectivity index (χ0n) is 10.3. The third kappa shape index (κ3) is 2.07. The summed E-state index contributed by atoms with van der Waals surface area (Å²) in [5.74, 6) is 0. The van der Waals surface area contributed by atoms with E-state index in [9.17, 15) is 8.78 Å². The van der Waals surface area contributed by atoms with E-state index in [1.54, 1.807) is 31.2 Å². The molecule has 98 valence electrons. The fourth-order valence-electron chi connectivity index (χ4n) is 2.19. The highest BCUT2D eigenvalue weighted by Crippen LogP contribution is 2.39. The molecule has 0 unspecified atom stereocenters. The van der Waals surface area contributed by atoms with Crippen molar-refractivity contribution < 1.29 is 8.78 Å². The second kappa shape index (κ2) is 4.16. The minimum Gasteiger partial charge on any atom is -0.399 e. The van der Waals surface area contributed by atoms with Crippen molar-refractivity contribution in [2.45, 2.75) is 37.6 Å². The highest BCUT2D eigenvalue weighted by Gasteiger charge is 2.49. The first kappa shape index (κ1) is 13.2. The van der Waals surface area contributed by atoms with Crippen molar-refractivity contribution in [1.29, 1.82) is 0 Å². The van der Waals surface area contributed by atoms with Crippen LogP contribution in [0.3, 0.4) is 0 Å². The van der Waals surface area contributed by atoms with Gasteiger partial charge in [-0.2, -0.15) is 0 Å². The van der Waals surface area contributed by atoms with E-state index in [-0.39, 0.29) is 11.4 Å². The van der Waals surface area contributed by atoms with Crippen LogP contribution in [-0.4, -0.2) is 16.8 Å². The zero-order chi connectivity index (χ0) is 13.6. The van der Waals surface area contributed by atoms with E-state index in [1.165, 1.54) is 6.92 Å². The Bertz CT molecular complexity index is 490. The molecule has 1 aliphatic rings. The number of thiocarbonyl (C=S) groups is 1. The number of anilines is 1. The summed E-state index contributed by atoms with van der Waals surface area (Å²) in [4.78, 5) is 0.0429. The molecule has 18 heavy (non-hydrogen) atoms. The van der Waals surface area contributed by atoms with Gasteiger partial charge in [0.05, 0.1) is 5.54 Å². The van der Waals surface area contributed by atoms with E-state index in [4.69, 9.17) is 18.0 Å². The molecule has 3 N–H and O–H groups in total. The molecule has 2 nitrogen and oxygen atoms in total. The molecule has 0 amide bonds. The maximum Gasteiger partial charge on any atom is 0.160 e. The number of alkyl halides is 2. The standard InChI is InChI=1S/C13H16F2N2S/c1-12(15)7-10(14)13(2,17-11(12)18)8-4-3-5-9(16)6-8/h3-6,10H,7,16H2,1-2H3,(H,17,18)/t10-,12-,13+/m0/s1. The summed E-state index contributed by atoms with van der Waals surface area (Å²) in [5, 5.41) is 2.80. The second-order valence-electron chi connectivity index (χ2n) is 5.15. The lowest BCUT2D eigenvalue weighted by Crippen LogP contribution is -2.61. The summed E-state index contributed by atoms with van der Waals surface area (Å²) in [7, 11) is 0. The van der Waals surface area contributed by atoms with Crippen LogP contribution in [0.1, 0.15) is 25.8 Å². The van der Waals surface area contributed by atoms with Gasteiger partial charge in [-0.15, -0.1) is 0 Å². The molecular formula is C13H16F2N2S. The summed E-state index contributed by atoms with van der Waals surface area (Å²) in [6, 6.07) is 6.92. The maximum atomic E-state index is 14.3. The number of rotatable bonds is 1. The van der Waals surface area contributed by atoms with Crippen molar-refractivity contribution in [2.75, 3.05) is 5.73 Å². The Labute approximate surface area is 111 Å². The number of benzene rings is 1. The Balaban J connectivity index is 2.40. The fourth-order valence-corrected chi connectivity index (χ4v) is 2.49. The molecule has 0 saturated carbocycles. The maximum absolute atomic E-state index is 14.3. The summed E-state index contributed by atoms with van der Waals surface area (Å²) in [6.07, 6.45) is -1.62. The molecule has 1 aliphatic heterocycles. The van der Waals surface area contributed by atoms with Crippen molar-refractivity contribution >= 4 is 22.9 Å². The molecule has 0 spiro atoms. The van der Waals surface area contributed by atoms with Crippen LogP contribution in [0.15, 0.2) is 24.3 Å². The summed E-state index contributed by atoms with van der Waals surface area (Å²) in [6.45, 7) is 2.97. The molecule has 3 atom stereocenters. The molecular weight excluding hydrogens is 254 g/mol. The minimum absolute atomic E-state index is 0.0429. The lowest BCUT2D eigenvalue weighted by atomic mass is 9.78. The first-order valence-corrected chi connectivity index (χ1v) is 6.18. The van der Waals surface area contributed by atoms with Crippen LogP contribution in [0.2, 0.25) is 0 Å². The van der Waals surface area contributed by atoms with Crippen molar-refractivity contribution in [3.63, 3.8) is 0 Å². The predicted octanol–water partition coefficient (Wildman–Crippen LogP) is 2.87. The molecule has 2 rings (SSSR count). The molecule has 0 bridgehead atoms. The molecule has 0 aromatic heterocycles. The molecule has 5 heteroatoms. The number of nitrogens with one attached hydrogen (secondary N) is 1. The van der Waals surface area contributed by atoms with E-state index in [0.29, 0.717) is 11.3 Å². The van der Waals surface area contributed by atoms with E-state index >= 15 is 0 Å². The molecule has 1 aromatic carbocycles. The number of piperidine rings is 1. The Morgan fingerprint density at radius 1 is 1.44 bits per heavy atom. The second-order valence-corrected chi connectivity index (χ2v) is 5.56. The highest BCUT2D eigenvalue weighted by atomic mass is 32.1. The van der Waals surface area contributed by atoms with Crippen LogP contribution in [0.4, 0.5) is 14.5 Å². The number of nitrogens with two attached hydrogens (primary N) is 1. The Morgan fingerprint density at radius 2 is 2.11 bits per heavy atom. The molecule has 1 saturated heterocycles. The van der Waals surface area contributed by atoms with Crippen LogP contribution in [0.5, 0.6) is 0 Å². The van der Waals surface area contributed by atoms with E-state index in [2.05, 4.69) is 5.32 Å². The zero-order valence-corrected chi connectivity index (χ0v) is 11.2. The number of halogens is 2. The van der Waals surface area contributed by atoms with Crippen LogP contribution >= 0.6 is 12.2 Å². The van der Waals surface area contributed by atoms with Gasteiger partial charge in [-0.25, -0.2) is 8.78 Å². The van der Waals surface area contributed by atoms with Crippen LogP contribution < -0.4 is 11.1 Å². The van der Waals surface area contributed by atoms with E-state index < -0.39 is 17.4 Å². The van der Waals surface area contributed by atoms with Gasteiger partial charge in [0.2, 0.25) is 0 Å². The van der Waals surface area contributed by atoms with E-state index in [0.717, 1.165) is 0 Å². The van der Waals surface area contributed by atoms with E-state index in [1.807, 2.05) is 0 Å². The van der Waals surface area contributed by atoms with Gasteiger partial charge in [0, 0.05) is 12.1 Å². The summed E-state index contributed by atoms with van der Waals surface area (Å²) < 4.78 is 28.3. The van der Waals surface area contributed by atoms with Crippen molar-refractivity contribution in [3.05, 3.63) is 29.8 Å². The SMILES string of the molecule is C[C@]1(F)C[C@H](F)[C@@](C)(c2cccc(N)c2)NC1=S. The lowest BCUT2D eigenvalue weighted by molar-refractivity contribution is 0.0878. The van der Waals surface area contributed by atoms with Gasteiger partial charge in [-0.05, 0) is 31.5 Å². The third-order valence-corrected chi connectivity index (χ3v) is 4.05. The monoisotopic (exact) mass is 270 g/mol. The van der Waals surface area contributed by atoms with Crippen LogP contribution in [0, 0.1) is 0 Å². The Hall–Kier alpha value is -1.23. The van der Waals surface area contributed by atoms with Crippen molar-refractivity contribution in [1.82, 2.24) is 5.32 Å². The lowest BCUT2D eigenvalue weighted by Gasteiger charge is -2.44.